The highest BCUT2D eigenvalue weighted by atomic mass is 35.5. The van der Waals surface area contributed by atoms with Crippen molar-refractivity contribution in [3.63, 3.8) is 0 Å². The highest BCUT2D eigenvalue weighted by molar-refractivity contribution is 6.39. The van der Waals surface area contributed by atoms with E-state index in [9.17, 15) is 0 Å². The molecule has 0 radical (unpaired) electrons. The zero-order valence-electron chi connectivity index (χ0n) is 20.4. The molecule has 1 aliphatic carbocycles. The van der Waals surface area contributed by atoms with E-state index in [2.05, 4.69) is 22.0 Å². The molecule has 2 aromatic heterocycles. The molecule has 8 heteroatoms. The summed E-state index contributed by atoms with van der Waals surface area (Å²) < 4.78 is 17.5. The first-order valence-corrected chi connectivity index (χ1v) is 13.4. The van der Waals surface area contributed by atoms with Crippen molar-refractivity contribution in [1.82, 2.24) is 10.1 Å². The van der Waals surface area contributed by atoms with Crippen LogP contribution >= 0.6 is 34.8 Å². The number of aryl methyl sites for hydroxylation is 1. The Morgan fingerprint density at radius 1 is 0.974 bits per heavy atom. The third-order valence-electron chi connectivity index (χ3n) is 6.37. The van der Waals surface area contributed by atoms with E-state index < -0.39 is 0 Å². The van der Waals surface area contributed by atoms with Crippen molar-refractivity contribution < 1.29 is 13.7 Å². The average molecular weight is 564 g/mol. The summed E-state index contributed by atoms with van der Waals surface area (Å²) in [5, 5.41) is 5.82. The van der Waals surface area contributed by atoms with Crippen LogP contribution in [0.3, 0.4) is 0 Å². The number of aromatic nitrogens is 2. The van der Waals surface area contributed by atoms with Crippen molar-refractivity contribution in [2.24, 2.45) is 0 Å². The molecule has 1 aliphatic rings. The van der Waals surface area contributed by atoms with Gasteiger partial charge in [-0.3, -0.25) is 0 Å². The summed E-state index contributed by atoms with van der Waals surface area (Å²) >= 11 is 19.5. The molecule has 6 rings (SSSR count). The van der Waals surface area contributed by atoms with Crippen LogP contribution in [0.5, 0.6) is 5.75 Å². The fraction of sp³-hybridized carbons (Fsp3) is 0.200. The van der Waals surface area contributed by atoms with Crippen molar-refractivity contribution >= 4 is 45.9 Å². The van der Waals surface area contributed by atoms with Crippen LogP contribution in [0.15, 0.2) is 63.5 Å². The summed E-state index contributed by atoms with van der Waals surface area (Å²) in [5.41, 5.74) is 5.16. The lowest BCUT2D eigenvalue weighted by Crippen LogP contribution is -2.00. The van der Waals surface area contributed by atoms with Gasteiger partial charge in [0.15, 0.2) is 11.5 Å². The second-order valence-electron chi connectivity index (χ2n) is 9.07. The Kier molecular flexibility index (Phi) is 6.80. The van der Waals surface area contributed by atoms with E-state index >= 15 is 0 Å². The van der Waals surface area contributed by atoms with Gasteiger partial charge in [-0.05, 0) is 55.3 Å². The van der Waals surface area contributed by atoms with Gasteiger partial charge in [0.1, 0.15) is 29.3 Å². The number of hydrogen-bond acceptors (Lipinski definition) is 5. The molecular weight excluding hydrogens is 543 g/mol. The van der Waals surface area contributed by atoms with Gasteiger partial charge in [0.2, 0.25) is 0 Å². The third kappa shape index (κ3) is 5.00. The van der Waals surface area contributed by atoms with E-state index in [0.717, 1.165) is 47.2 Å². The Balaban J connectivity index is 1.22. The van der Waals surface area contributed by atoms with E-state index in [0.29, 0.717) is 49.4 Å². The minimum absolute atomic E-state index is 0.241. The molecule has 0 atom stereocenters. The highest BCUT2D eigenvalue weighted by Crippen LogP contribution is 2.46. The number of hydrogen-bond donors (Lipinski definition) is 0. The monoisotopic (exact) mass is 562 g/mol. The molecule has 0 bridgehead atoms. The molecule has 0 N–H and O–H groups in total. The number of fused-ring (bicyclic) bond motifs is 1. The Morgan fingerprint density at radius 2 is 1.79 bits per heavy atom. The number of ether oxygens (including phenoxy) is 1. The predicted octanol–water partition coefficient (Wildman–Crippen LogP) is 8.86. The van der Waals surface area contributed by atoms with E-state index in [4.69, 9.17) is 48.5 Å². The summed E-state index contributed by atoms with van der Waals surface area (Å²) in [4.78, 5) is 4.47. The highest BCUT2D eigenvalue weighted by Gasteiger charge is 2.33. The summed E-state index contributed by atoms with van der Waals surface area (Å²) in [7, 11) is 0. The van der Waals surface area contributed by atoms with Gasteiger partial charge >= 0.3 is 0 Å². The van der Waals surface area contributed by atoms with Crippen LogP contribution in [0, 0.1) is 11.8 Å². The maximum atomic E-state index is 6.56. The van der Waals surface area contributed by atoms with Gasteiger partial charge < -0.3 is 13.7 Å². The first-order valence-electron chi connectivity index (χ1n) is 12.3. The normalized spacial score (nSPS) is 12.9. The largest absolute Gasteiger partial charge is 0.489 e. The van der Waals surface area contributed by atoms with E-state index in [1.165, 1.54) is 0 Å². The van der Waals surface area contributed by atoms with Crippen molar-refractivity contribution in [3.8, 4) is 28.8 Å². The van der Waals surface area contributed by atoms with Crippen molar-refractivity contribution in [2.45, 2.75) is 38.7 Å². The van der Waals surface area contributed by atoms with Crippen molar-refractivity contribution in [2.75, 3.05) is 0 Å². The van der Waals surface area contributed by atoms with Gasteiger partial charge in [0.05, 0.1) is 20.6 Å². The Bertz CT molecular complexity index is 1700. The summed E-state index contributed by atoms with van der Waals surface area (Å²) in [6.07, 6.45) is 2.86. The van der Waals surface area contributed by atoms with Crippen LogP contribution in [0.1, 0.15) is 54.0 Å². The lowest BCUT2D eigenvalue weighted by atomic mass is 10.0. The molecule has 0 aliphatic heterocycles. The minimum atomic E-state index is 0.241. The predicted molar refractivity (Wildman–Crippen MR) is 149 cm³/mol. The Morgan fingerprint density at radius 3 is 2.53 bits per heavy atom. The van der Waals surface area contributed by atoms with Crippen molar-refractivity contribution in [3.05, 3.63) is 98.0 Å². The molecule has 3 aromatic carbocycles. The van der Waals surface area contributed by atoms with Crippen LogP contribution in [-0.2, 0) is 13.0 Å². The number of benzene rings is 3. The standard InChI is InChI=1S/C30H21Cl3N2O3/c1-2-27-34-25-14-17(7-13-26(25)37-27)6-8-18-11-12-20(15-24(18)33)36-16-21-29(35-38-30(21)19-9-10-19)28-22(31)4-3-5-23(28)32/h3-5,7,11-15,19H,2,9-10,16H2,1H3. The number of rotatable bonds is 6. The Labute approximate surface area is 234 Å². The second kappa shape index (κ2) is 10.4. The van der Waals surface area contributed by atoms with Crippen LogP contribution in [0.2, 0.25) is 15.1 Å². The number of halogens is 3. The molecule has 5 nitrogen and oxygen atoms in total. The van der Waals surface area contributed by atoms with Crippen molar-refractivity contribution in [1.29, 1.82) is 0 Å². The zero-order chi connectivity index (χ0) is 26.2. The fourth-order valence-electron chi connectivity index (χ4n) is 4.23. The van der Waals surface area contributed by atoms with Gasteiger partial charge in [-0.25, -0.2) is 4.98 Å². The van der Waals surface area contributed by atoms with Crippen LogP contribution < -0.4 is 4.74 Å². The van der Waals surface area contributed by atoms with E-state index in [1.54, 1.807) is 24.3 Å². The molecule has 1 fully saturated rings. The maximum absolute atomic E-state index is 6.56. The van der Waals surface area contributed by atoms with Gasteiger partial charge in [-0.1, -0.05) is 64.8 Å². The fourth-order valence-corrected chi connectivity index (χ4v) is 5.03. The molecule has 5 aromatic rings. The lowest BCUT2D eigenvalue weighted by molar-refractivity contribution is 0.300. The Hall–Kier alpha value is -3.43. The molecule has 1 saturated carbocycles. The molecule has 2 heterocycles. The van der Waals surface area contributed by atoms with Gasteiger partial charge in [0.25, 0.3) is 0 Å². The molecule has 0 saturated heterocycles. The topological polar surface area (TPSA) is 61.3 Å². The van der Waals surface area contributed by atoms with Crippen LogP contribution in [0.25, 0.3) is 22.4 Å². The summed E-state index contributed by atoms with van der Waals surface area (Å²) in [6, 6.07) is 16.5. The van der Waals surface area contributed by atoms with Gasteiger partial charge in [-0.15, -0.1) is 0 Å². The molecule has 38 heavy (non-hydrogen) atoms. The number of nitrogens with zero attached hydrogens (tertiary/aromatic N) is 2. The quantitative estimate of drug-likeness (QED) is 0.193. The first-order chi connectivity index (χ1) is 18.5. The van der Waals surface area contributed by atoms with Gasteiger partial charge in [0, 0.05) is 35.1 Å². The molecule has 0 unspecified atom stereocenters. The SMILES string of the molecule is CCc1nc2cc(C#Cc3ccc(OCc4c(-c5c(Cl)cccc5Cl)noc4C4CC4)cc3Cl)ccc2o1. The van der Waals surface area contributed by atoms with Crippen LogP contribution in [-0.4, -0.2) is 10.1 Å². The molecule has 0 amide bonds. The molecular formula is C30H21Cl3N2O3. The van der Waals surface area contributed by atoms with Gasteiger partial charge in [-0.2, -0.15) is 0 Å². The average Bonchev–Trinajstić information content (AvgIpc) is 3.54. The number of oxazole rings is 1. The lowest BCUT2D eigenvalue weighted by Gasteiger charge is -2.10. The van der Waals surface area contributed by atoms with Crippen LogP contribution in [0.4, 0.5) is 0 Å². The summed E-state index contributed by atoms with van der Waals surface area (Å²) in [6.45, 7) is 2.25. The first kappa shape index (κ1) is 24.9. The third-order valence-corrected chi connectivity index (χ3v) is 7.31. The van der Waals surface area contributed by atoms with E-state index in [-0.39, 0.29) is 6.61 Å². The summed E-state index contributed by atoms with van der Waals surface area (Å²) in [5.74, 6) is 8.76. The van der Waals surface area contributed by atoms with E-state index in [1.807, 2.05) is 37.3 Å². The smallest absolute Gasteiger partial charge is 0.195 e. The molecule has 0 spiro atoms. The maximum Gasteiger partial charge on any atom is 0.195 e. The minimum Gasteiger partial charge on any atom is -0.489 e. The second-order valence-corrected chi connectivity index (χ2v) is 10.3. The zero-order valence-corrected chi connectivity index (χ0v) is 22.6. The molecule has 190 valence electrons.